The van der Waals surface area contributed by atoms with Gasteiger partial charge in [0.2, 0.25) is 0 Å². The molecule has 1 aliphatic carbocycles. The van der Waals surface area contributed by atoms with Crippen molar-refractivity contribution < 1.29 is 14.3 Å². The van der Waals surface area contributed by atoms with Gasteiger partial charge in [-0.2, -0.15) is 5.10 Å². The number of H-pyrrole nitrogens is 1. The van der Waals surface area contributed by atoms with Crippen LogP contribution in [0.5, 0.6) is 0 Å². The molecule has 0 saturated heterocycles. The van der Waals surface area contributed by atoms with Crippen molar-refractivity contribution >= 4 is 5.91 Å². The lowest BCUT2D eigenvalue weighted by Crippen LogP contribution is -2.42. The summed E-state index contributed by atoms with van der Waals surface area (Å²) in [4.78, 5) is 14.6. The van der Waals surface area contributed by atoms with Crippen molar-refractivity contribution in [3.63, 3.8) is 0 Å². The number of hydrogen-bond acceptors (Lipinski definition) is 4. The average Bonchev–Trinajstić information content (AvgIpc) is 3.09. The van der Waals surface area contributed by atoms with Crippen LogP contribution in [-0.4, -0.2) is 53.4 Å². The predicted molar refractivity (Wildman–Crippen MR) is 77.2 cm³/mol. The Kier molecular flexibility index (Phi) is 3.53. The number of likely N-dealkylation sites (N-methyl/N-ethyl adjacent to an activating group) is 1. The van der Waals surface area contributed by atoms with Crippen molar-refractivity contribution in [1.29, 1.82) is 0 Å². The highest BCUT2D eigenvalue weighted by atomic mass is 16.5. The minimum atomic E-state index is -0.139. The topological polar surface area (TPSA) is 67.5 Å². The third-order valence-corrected chi connectivity index (χ3v) is 4.69. The number of fused-ring (bicyclic) bond motifs is 1. The summed E-state index contributed by atoms with van der Waals surface area (Å²) < 4.78 is 11.0. The molecule has 0 spiro atoms. The smallest absolute Gasteiger partial charge is 0.274 e. The third kappa shape index (κ3) is 2.36. The Hall–Kier alpha value is -1.40. The summed E-state index contributed by atoms with van der Waals surface area (Å²) in [6, 6.07) is 0. The van der Waals surface area contributed by atoms with E-state index < -0.39 is 0 Å². The van der Waals surface area contributed by atoms with E-state index >= 15 is 0 Å². The lowest BCUT2D eigenvalue weighted by atomic mass is 9.99. The summed E-state index contributed by atoms with van der Waals surface area (Å²) >= 11 is 0. The van der Waals surface area contributed by atoms with Crippen molar-refractivity contribution in [3.8, 4) is 0 Å². The van der Waals surface area contributed by atoms with Crippen LogP contribution in [-0.2, 0) is 15.9 Å². The van der Waals surface area contributed by atoms with Gasteiger partial charge < -0.3 is 14.4 Å². The maximum absolute atomic E-state index is 12.8. The minimum absolute atomic E-state index is 0.0247. The van der Waals surface area contributed by atoms with Crippen molar-refractivity contribution in [2.75, 3.05) is 20.8 Å². The van der Waals surface area contributed by atoms with Gasteiger partial charge in [0.1, 0.15) is 0 Å². The molecule has 0 unspecified atom stereocenters. The number of ether oxygens (including phenoxy) is 2. The number of aromatic nitrogens is 2. The van der Waals surface area contributed by atoms with Crippen molar-refractivity contribution in [2.45, 2.75) is 50.9 Å². The van der Waals surface area contributed by atoms with E-state index in [-0.39, 0.29) is 23.7 Å². The SMILES string of the molecule is COCC1(N(C)C(=O)c2n[nH]c3c2C[C@H](C)O[C@@H]3C)CC1. The molecule has 1 N–H and O–H groups in total. The van der Waals surface area contributed by atoms with E-state index in [1.54, 1.807) is 12.0 Å². The highest BCUT2D eigenvalue weighted by molar-refractivity contribution is 5.94. The Labute approximate surface area is 124 Å². The molecule has 1 fully saturated rings. The lowest BCUT2D eigenvalue weighted by Gasteiger charge is -2.28. The van der Waals surface area contributed by atoms with E-state index in [2.05, 4.69) is 10.2 Å². The molecular weight excluding hydrogens is 270 g/mol. The largest absolute Gasteiger partial charge is 0.382 e. The molecule has 2 heterocycles. The van der Waals surface area contributed by atoms with Gasteiger partial charge in [0.25, 0.3) is 5.91 Å². The van der Waals surface area contributed by atoms with Gasteiger partial charge in [-0.05, 0) is 26.7 Å². The molecule has 0 bridgehead atoms. The van der Waals surface area contributed by atoms with Crippen LogP contribution in [0.15, 0.2) is 0 Å². The summed E-state index contributed by atoms with van der Waals surface area (Å²) in [5, 5.41) is 7.25. The van der Waals surface area contributed by atoms with Crippen LogP contribution < -0.4 is 0 Å². The highest BCUT2D eigenvalue weighted by Gasteiger charge is 2.49. The van der Waals surface area contributed by atoms with Crippen LogP contribution >= 0.6 is 0 Å². The fraction of sp³-hybridized carbons (Fsp3) is 0.733. The molecule has 1 aromatic rings. The Morgan fingerprint density at radius 3 is 2.86 bits per heavy atom. The number of nitrogens with zero attached hydrogens (tertiary/aromatic N) is 2. The van der Waals surface area contributed by atoms with E-state index in [4.69, 9.17) is 9.47 Å². The molecule has 1 amide bonds. The van der Waals surface area contributed by atoms with Crippen LogP contribution in [0.4, 0.5) is 0 Å². The predicted octanol–water partition coefficient (Wildman–Crippen LogP) is 1.68. The molecule has 1 aliphatic heterocycles. The zero-order valence-electron chi connectivity index (χ0n) is 13.1. The number of carbonyl (C=O) groups is 1. The third-order valence-electron chi connectivity index (χ3n) is 4.69. The van der Waals surface area contributed by atoms with Gasteiger partial charge in [0.15, 0.2) is 5.69 Å². The second-order valence-electron chi connectivity index (χ2n) is 6.28. The van der Waals surface area contributed by atoms with Gasteiger partial charge in [-0.3, -0.25) is 9.89 Å². The molecule has 2 atom stereocenters. The molecule has 21 heavy (non-hydrogen) atoms. The Bertz CT molecular complexity index is 550. The van der Waals surface area contributed by atoms with E-state index in [0.717, 1.165) is 30.5 Å². The molecule has 1 aromatic heterocycles. The van der Waals surface area contributed by atoms with Gasteiger partial charge in [0.05, 0.1) is 30.0 Å². The molecule has 6 heteroatoms. The normalized spacial score (nSPS) is 26.3. The summed E-state index contributed by atoms with van der Waals surface area (Å²) in [5.41, 5.74) is 2.34. The standard InChI is InChI=1S/C15H23N3O3/c1-9-7-11-12(10(2)21-9)16-17-13(11)14(19)18(3)15(5-6-15)8-20-4/h9-10H,5-8H2,1-4H3,(H,16,17)/t9-,10+/m0/s1. The Balaban J connectivity index is 1.86. The van der Waals surface area contributed by atoms with Crippen LogP contribution in [0.25, 0.3) is 0 Å². The van der Waals surface area contributed by atoms with Crippen LogP contribution in [0.1, 0.15) is 54.5 Å². The first-order valence-corrected chi connectivity index (χ1v) is 7.48. The minimum Gasteiger partial charge on any atom is -0.382 e. The van der Waals surface area contributed by atoms with Gasteiger partial charge in [0, 0.05) is 26.1 Å². The van der Waals surface area contributed by atoms with E-state index in [1.807, 2.05) is 20.9 Å². The summed E-state index contributed by atoms with van der Waals surface area (Å²) in [6.07, 6.45) is 2.77. The summed E-state index contributed by atoms with van der Waals surface area (Å²) in [6.45, 7) is 4.59. The first-order chi connectivity index (χ1) is 9.98. The monoisotopic (exact) mass is 293 g/mol. The Morgan fingerprint density at radius 2 is 2.24 bits per heavy atom. The number of amides is 1. The Morgan fingerprint density at radius 1 is 1.52 bits per heavy atom. The number of aromatic amines is 1. The molecule has 1 saturated carbocycles. The molecule has 0 aromatic carbocycles. The van der Waals surface area contributed by atoms with E-state index in [9.17, 15) is 4.79 Å². The second-order valence-corrected chi connectivity index (χ2v) is 6.28. The number of carbonyl (C=O) groups excluding carboxylic acids is 1. The maximum Gasteiger partial charge on any atom is 0.274 e. The second kappa shape index (κ2) is 5.10. The van der Waals surface area contributed by atoms with E-state index in [0.29, 0.717) is 12.3 Å². The van der Waals surface area contributed by atoms with Crippen LogP contribution in [0.2, 0.25) is 0 Å². The summed E-state index contributed by atoms with van der Waals surface area (Å²) in [7, 11) is 3.52. The number of rotatable bonds is 4. The average molecular weight is 293 g/mol. The van der Waals surface area contributed by atoms with Crippen LogP contribution in [0.3, 0.4) is 0 Å². The van der Waals surface area contributed by atoms with Crippen molar-refractivity contribution in [2.24, 2.45) is 0 Å². The van der Waals surface area contributed by atoms with Crippen LogP contribution in [0, 0.1) is 0 Å². The zero-order valence-corrected chi connectivity index (χ0v) is 13.1. The van der Waals surface area contributed by atoms with Gasteiger partial charge in [-0.25, -0.2) is 0 Å². The number of methoxy groups -OCH3 is 1. The first kappa shape index (κ1) is 14.5. The maximum atomic E-state index is 12.8. The van der Waals surface area contributed by atoms with Gasteiger partial charge >= 0.3 is 0 Å². The molecule has 116 valence electrons. The van der Waals surface area contributed by atoms with E-state index in [1.165, 1.54) is 0 Å². The molecule has 2 aliphatic rings. The highest BCUT2D eigenvalue weighted by Crippen LogP contribution is 2.42. The molecule has 3 rings (SSSR count). The molecule has 6 nitrogen and oxygen atoms in total. The number of nitrogens with one attached hydrogen (secondary N) is 1. The molecular formula is C15H23N3O3. The number of hydrogen-bond donors (Lipinski definition) is 1. The fourth-order valence-electron chi connectivity index (χ4n) is 3.21. The van der Waals surface area contributed by atoms with Gasteiger partial charge in [-0.1, -0.05) is 0 Å². The van der Waals surface area contributed by atoms with Crippen molar-refractivity contribution in [3.05, 3.63) is 17.0 Å². The quantitative estimate of drug-likeness (QED) is 0.917. The van der Waals surface area contributed by atoms with Crippen molar-refractivity contribution in [1.82, 2.24) is 15.1 Å². The lowest BCUT2D eigenvalue weighted by molar-refractivity contribution is -0.00705. The molecule has 0 radical (unpaired) electrons. The first-order valence-electron chi connectivity index (χ1n) is 7.48. The fourth-order valence-corrected chi connectivity index (χ4v) is 3.21. The summed E-state index contributed by atoms with van der Waals surface area (Å²) in [5.74, 6) is -0.0247. The zero-order chi connectivity index (χ0) is 15.2. The van der Waals surface area contributed by atoms with Gasteiger partial charge in [-0.15, -0.1) is 0 Å².